The summed E-state index contributed by atoms with van der Waals surface area (Å²) in [5, 5.41) is 2.82. The Labute approximate surface area is 111 Å². The van der Waals surface area contributed by atoms with E-state index in [1.165, 1.54) is 0 Å². The van der Waals surface area contributed by atoms with Gasteiger partial charge in [-0.25, -0.2) is 0 Å². The van der Waals surface area contributed by atoms with Gasteiger partial charge in [-0.15, -0.1) is 11.6 Å². The molecular weight excluding hydrogens is 252 g/mol. The molecule has 1 N–H and O–H groups in total. The van der Waals surface area contributed by atoms with Crippen molar-refractivity contribution in [3.63, 3.8) is 0 Å². The third kappa shape index (κ3) is 3.01. The molecule has 2 amide bonds. The molecule has 18 heavy (non-hydrogen) atoms. The Bertz CT molecular complexity index is 436. The average Bonchev–Trinajstić information content (AvgIpc) is 2.71. The molecule has 4 nitrogen and oxygen atoms in total. The molecule has 5 heteroatoms. The molecule has 1 fully saturated rings. The second-order valence-corrected chi connectivity index (χ2v) is 4.63. The van der Waals surface area contributed by atoms with Gasteiger partial charge in [0.05, 0.1) is 6.04 Å². The van der Waals surface area contributed by atoms with Crippen LogP contribution in [-0.4, -0.2) is 30.3 Å². The largest absolute Gasteiger partial charge is 0.351 e. The van der Waals surface area contributed by atoms with E-state index in [1.807, 2.05) is 30.3 Å². The van der Waals surface area contributed by atoms with Gasteiger partial charge in [-0.05, 0) is 12.1 Å². The standard InChI is InChI=1S/C13H15ClN2O2/c14-7-6-12(17)15-10-8-13(18)16(9-10)11-4-2-1-3-5-11/h1-5,10H,6-9H2,(H,15,17)/t10-/m1/s1. The molecule has 0 aliphatic carbocycles. The maximum Gasteiger partial charge on any atom is 0.229 e. The Kier molecular flexibility index (Phi) is 4.20. The Hall–Kier alpha value is -1.55. The third-order valence-electron chi connectivity index (χ3n) is 2.88. The zero-order valence-corrected chi connectivity index (χ0v) is 10.7. The maximum absolute atomic E-state index is 11.9. The van der Waals surface area contributed by atoms with Crippen molar-refractivity contribution in [1.29, 1.82) is 0 Å². The van der Waals surface area contributed by atoms with E-state index in [9.17, 15) is 9.59 Å². The Balaban J connectivity index is 1.97. The first-order chi connectivity index (χ1) is 8.70. The average molecular weight is 267 g/mol. The molecule has 1 aromatic rings. The molecule has 0 bridgehead atoms. The molecule has 1 heterocycles. The highest BCUT2D eigenvalue weighted by Crippen LogP contribution is 2.20. The summed E-state index contributed by atoms with van der Waals surface area (Å²) in [6, 6.07) is 9.35. The monoisotopic (exact) mass is 266 g/mol. The van der Waals surface area contributed by atoms with E-state index in [0.717, 1.165) is 5.69 Å². The molecule has 0 aromatic heterocycles. The molecule has 0 saturated carbocycles. The van der Waals surface area contributed by atoms with Gasteiger partial charge in [-0.1, -0.05) is 18.2 Å². The zero-order chi connectivity index (χ0) is 13.0. The number of hydrogen-bond donors (Lipinski definition) is 1. The molecule has 1 saturated heterocycles. The number of rotatable bonds is 4. The molecule has 0 spiro atoms. The number of halogens is 1. The van der Waals surface area contributed by atoms with Crippen LogP contribution in [-0.2, 0) is 9.59 Å². The normalized spacial score (nSPS) is 19.1. The number of benzene rings is 1. The fourth-order valence-corrected chi connectivity index (χ4v) is 2.22. The molecule has 1 atom stereocenters. The SMILES string of the molecule is O=C(CCCl)N[C@@H]1CC(=O)N(c2ccccc2)C1. The number of alkyl halides is 1. The van der Waals surface area contributed by atoms with Gasteiger partial charge in [0.1, 0.15) is 0 Å². The quantitative estimate of drug-likeness (QED) is 0.841. The van der Waals surface area contributed by atoms with Gasteiger partial charge in [0.15, 0.2) is 0 Å². The van der Waals surface area contributed by atoms with E-state index in [4.69, 9.17) is 11.6 Å². The van der Waals surface area contributed by atoms with Crippen LogP contribution in [0.1, 0.15) is 12.8 Å². The summed E-state index contributed by atoms with van der Waals surface area (Å²) >= 11 is 5.50. The van der Waals surface area contributed by atoms with Gasteiger partial charge in [-0.3, -0.25) is 9.59 Å². The lowest BCUT2D eigenvalue weighted by atomic mass is 10.2. The van der Waals surface area contributed by atoms with Gasteiger partial charge in [0, 0.05) is 31.0 Å². The number of anilines is 1. The van der Waals surface area contributed by atoms with E-state index in [1.54, 1.807) is 4.90 Å². The van der Waals surface area contributed by atoms with Crippen molar-refractivity contribution in [3.8, 4) is 0 Å². The first-order valence-electron chi connectivity index (χ1n) is 5.91. The van der Waals surface area contributed by atoms with Crippen molar-refractivity contribution in [2.45, 2.75) is 18.9 Å². The Morgan fingerprint density at radius 3 is 2.78 bits per heavy atom. The number of nitrogens with one attached hydrogen (secondary N) is 1. The van der Waals surface area contributed by atoms with E-state index in [-0.39, 0.29) is 24.3 Å². The number of para-hydroxylation sites is 1. The topological polar surface area (TPSA) is 49.4 Å². The van der Waals surface area contributed by atoms with Crippen molar-refractivity contribution in [2.75, 3.05) is 17.3 Å². The van der Waals surface area contributed by atoms with Crippen LogP contribution in [0.3, 0.4) is 0 Å². The zero-order valence-electron chi connectivity index (χ0n) is 9.93. The van der Waals surface area contributed by atoms with Crippen molar-refractivity contribution >= 4 is 29.1 Å². The summed E-state index contributed by atoms with van der Waals surface area (Å²) in [7, 11) is 0. The van der Waals surface area contributed by atoms with E-state index >= 15 is 0 Å². The fourth-order valence-electron chi connectivity index (χ4n) is 2.05. The lowest BCUT2D eigenvalue weighted by molar-refractivity contribution is -0.121. The highest BCUT2D eigenvalue weighted by Gasteiger charge is 2.31. The molecule has 1 aliphatic rings. The summed E-state index contributed by atoms with van der Waals surface area (Å²) in [6.07, 6.45) is 0.639. The minimum Gasteiger partial charge on any atom is -0.351 e. The second kappa shape index (κ2) is 5.87. The number of carbonyl (C=O) groups is 2. The van der Waals surface area contributed by atoms with Crippen LogP contribution in [0.4, 0.5) is 5.69 Å². The van der Waals surface area contributed by atoms with Crippen LogP contribution in [0.5, 0.6) is 0 Å². The van der Waals surface area contributed by atoms with Crippen LogP contribution in [0, 0.1) is 0 Å². The lowest BCUT2D eigenvalue weighted by Crippen LogP contribution is -2.37. The summed E-state index contributed by atoms with van der Waals surface area (Å²) in [5.74, 6) is 0.240. The summed E-state index contributed by atoms with van der Waals surface area (Å²) < 4.78 is 0. The lowest BCUT2D eigenvalue weighted by Gasteiger charge is -2.17. The Morgan fingerprint density at radius 1 is 1.39 bits per heavy atom. The van der Waals surface area contributed by atoms with Gasteiger partial charge in [0.2, 0.25) is 11.8 Å². The van der Waals surface area contributed by atoms with Crippen LogP contribution in [0.15, 0.2) is 30.3 Å². The highest BCUT2D eigenvalue weighted by molar-refractivity contribution is 6.18. The second-order valence-electron chi connectivity index (χ2n) is 4.25. The molecule has 2 rings (SSSR count). The summed E-state index contributed by atoms with van der Waals surface area (Å²) in [4.78, 5) is 25.0. The molecule has 0 radical (unpaired) electrons. The van der Waals surface area contributed by atoms with Crippen LogP contribution >= 0.6 is 11.6 Å². The van der Waals surface area contributed by atoms with E-state index in [2.05, 4.69) is 5.32 Å². The van der Waals surface area contributed by atoms with Gasteiger partial charge in [0.25, 0.3) is 0 Å². The van der Waals surface area contributed by atoms with Crippen molar-refractivity contribution in [2.24, 2.45) is 0 Å². The first kappa shape index (κ1) is 12.9. The third-order valence-corrected chi connectivity index (χ3v) is 3.07. The predicted octanol–water partition coefficient (Wildman–Crippen LogP) is 1.54. The first-order valence-corrected chi connectivity index (χ1v) is 6.45. The molecule has 1 aromatic carbocycles. The van der Waals surface area contributed by atoms with Gasteiger partial charge >= 0.3 is 0 Å². The van der Waals surface area contributed by atoms with Crippen molar-refractivity contribution in [3.05, 3.63) is 30.3 Å². The molecular formula is C13H15ClN2O2. The summed E-state index contributed by atoms with van der Waals surface area (Å²) in [6.45, 7) is 0.525. The minimum absolute atomic E-state index is 0.0392. The minimum atomic E-state index is -0.117. The van der Waals surface area contributed by atoms with Crippen LogP contribution in [0.25, 0.3) is 0 Å². The smallest absolute Gasteiger partial charge is 0.229 e. The Morgan fingerprint density at radius 2 is 2.11 bits per heavy atom. The van der Waals surface area contributed by atoms with Crippen LogP contribution < -0.4 is 10.2 Å². The fraction of sp³-hybridized carbons (Fsp3) is 0.385. The van der Waals surface area contributed by atoms with Crippen LogP contribution in [0.2, 0.25) is 0 Å². The van der Waals surface area contributed by atoms with Crippen molar-refractivity contribution in [1.82, 2.24) is 5.32 Å². The summed E-state index contributed by atoms with van der Waals surface area (Å²) in [5.41, 5.74) is 0.872. The van der Waals surface area contributed by atoms with Crippen molar-refractivity contribution < 1.29 is 9.59 Å². The highest BCUT2D eigenvalue weighted by atomic mass is 35.5. The molecule has 0 unspecified atom stereocenters. The number of hydrogen-bond acceptors (Lipinski definition) is 2. The molecule has 96 valence electrons. The molecule has 1 aliphatic heterocycles. The van der Waals surface area contributed by atoms with E-state index in [0.29, 0.717) is 18.8 Å². The number of amides is 2. The van der Waals surface area contributed by atoms with E-state index < -0.39 is 0 Å². The predicted molar refractivity (Wildman–Crippen MR) is 70.7 cm³/mol. The van der Waals surface area contributed by atoms with Gasteiger partial charge < -0.3 is 10.2 Å². The maximum atomic E-state index is 11.9. The number of carbonyl (C=O) groups excluding carboxylic acids is 2. The number of nitrogens with zero attached hydrogens (tertiary/aromatic N) is 1. The van der Waals surface area contributed by atoms with Gasteiger partial charge in [-0.2, -0.15) is 0 Å².